The molecule has 3 aromatic carbocycles. The number of halogens is 1. The fourth-order valence-corrected chi connectivity index (χ4v) is 3.31. The summed E-state index contributed by atoms with van der Waals surface area (Å²) in [5.41, 5.74) is 2.08. The van der Waals surface area contributed by atoms with Crippen LogP contribution in [0.25, 0.3) is 22.4 Å². The van der Waals surface area contributed by atoms with Crippen molar-refractivity contribution in [2.45, 2.75) is 0 Å². The van der Waals surface area contributed by atoms with Crippen LogP contribution >= 0.6 is 22.6 Å². The van der Waals surface area contributed by atoms with Crippen LogP contribution in [0.1, 0.15) is 10.4 Å². The number of nitrogens with zero attached hydrogens (tertiary/aromatic N) is 1. The number of carbonyl (C=O) groups is 1. The van der Waals surface area contributed by atoms with Gasteiger partial charge in [-0.25, -0.2) is 9.78 Å². The Bertz CT molecular complexity index is 1200. The zero-order chi connectivity index (χ0) is 18.8. The number of aromatic nitrogens is 1. The molecule has 1 N–H and O–H groups in total. The van der Waals surface area contributed by atoms with Crippen molar-refractivity contribution in [2.75, 3.05) is 5.32 Å². The standard InChI is InChI=1S/C21H13IN2O3/c22-17-7-3-1-5-15(17)19(25)23-14-11-9-13(10-12-14)20-24-18-8-4-2-6-16(18)21(26)27-20/h1-12H,(H,23,25). The molecule has 0 unspecified atom stereocenters. The van der Waals surface area contributed by atoms with Crippen LogP contribution in [0, 0.1) is 3.57 Å². The monoisotopic (exact) mass is 468 g/mol. The van der Waals surface area contributed by atoms with E-state index >= 15 is 0 Å². The van der Waals surface area contributed by atoms with Gasteiger partial charge in [0.25, 0.3) is 5.91 Å². The lowest BCUT2D eigenvalue weighted by molar-refractivity contribution is 0.102. The van der Waals surface area contributed by atoms with Crippen molar-refractivity contribution < 1.29 is 9.21 Å². The third-order valence-electron chi connectivity index (χ3n) is 4.04. The van der Waals surface area contributed by atoms with E-state index in [0.717, 1.165) is 3.57 Å². The van der Waals surface area contributed by atoms with E-state index in [2.05, 4.69) is 32.9 Å². The number of fused-ring (bicyclic) bond motifs is 1. The predicted octanol–water partition coefficient (Wildman–Crippen LogP) is 4.71. The highest BCUT2D eigenvalue weighted by Gasteiger charge is 2.11. The molecule has 1 amide bonds. The second kappa shape index (κ2) is 7.32. The third-order valence-corrected chi connectivity index (χ3v) is 4.98. The molecule has 0 bridgehead atoms. The van der Waals surface area contributed by atoms with E-state index in [9.17, 15) is 9.59 Å². The van der Waals surface area contributed by atoms with Crippen molar-refractivity contribution in [1.29, 1.82) is 0 Å². The zero-order valence-electron chi connectivity index (χ0n) is 14.0. The normalized spacial score (nSPS) is 10.7. The second-order valence-electron chi connectivity index (χ2n) is 5.83. The van der Waals surface area contributed by atoms with Crippen molar-refractivity contribution in [3.63, 3.8) is 0 Å². The molecule has 0 spiro atoms. The number of rotatable bonds is 3. The molecule has 132 valence electrons. The first-order chi connectivity index (χ1) is 13.1. The number of benzene rings is 3. The molecule has 0 saturated heterocycles. The van der Waals surface area contributed by atoms with Gasteiger partial charge < -0.3 is 9.73 Å². The molecule has 1 aromatic heterocycles. The Morgan fingerprint density at radius 2 is 1.63 bits per heavy atom. The summed E-state index contributed by atoms with van der Waals surface area (Å²) >= 11 is 2.13. The smallest absolute Gasteiger partial charge is 0.347 e. The van der Waals surface area contributed by atoms with E-state index in [1.165, 1.54) is 0 Å². The van der Waals surface area contributed by atoms with Crippen LogP contribution in [0.2, 0.25) is 0 Å². The van der Waals surface area contributed by atoms with E-state index in [0.29, 0.717) is 27.7 Å². The van der Waals surface area contributed by atoms with Gasteiger partial charge in [0.2, 0.25) is 5.89 Å². The van der Waals surface area contributed by atoms with Crippen LogP contribution < -0.4 is 10.9 Å². The Kier molecular flexibility index (Phi) is 4.72. The van der Waals surface area contributed by atoms with Gasteiger partial charge in [0.05, 0.1) is 16.5 Å². The largest absolute Gasteiger partial charge is 0.403 e. The number of hydrogen-bond acceptors (Lipinski definition) is 4. The average Bonchev–Trinajstić information content (AvgIpc) is 2.69. The van der Waals surface area contributed by atoms with Crippen LogP contribution in [-0.2, 0) is 0 Å². The molecular weight excluding hydrogens is 455 g/mol. The minimum atomic E-state index is -0.424. The maximum Gasteiger partial charge on any atom is 0.347 e. The summed E-state index contributed by atoms with van der Waals surface area (Å²) in [7, 11) is 0. The Morgan fingerprint density at radius 3 is 2.41 bits per heavy atom. The molecule has 27 heavy (non-hydrogen) atoms. The SMILES string of the molecule is O=C(Nc1ccc(-c2nc3ccccc3c(=O)o2)cc1)c1ccccc1I. The molecule has 1 heterocycles. The Balaban J connectivity index is 1.60. The van der Waals surface area contributed by atoms with Crippen LogP contribution in [0.3, 0.4) is 0 Å². The Morgan fingerprint density at radius 1 is 0.926 bits per heavy atom. The molecule has 0 aliphatic carbocycles. The molecule has 0 aliphatic heterocycles. The summed E-state index contributed by atoms with van der Waals surface area (Å²) in [5.74, 6) is 0.0669. The molecule has 0 saturated carbocycles. The van der Waals surface area contributed by atoms with Crippen molar-refractivity contribution in [3.8, 4) is 11.5 Å². The summed E-state index contributed by atoms with van der Waals surface area (Å²) in [6.45, 7) is 0. The summed E-state index contributed by atoms with van der Waals surface area (Å²) < 4.78 is 6.21. The number of hydrogen-bond donors (Lipinski definition) is 1. The van der Waals surface area contributed by atoms with E-state index in [1.807, 2.05) is 24.3 Å². The van der Waals surface area contributed by atoms with Crippen molar-refractivity contribution in [1.82, 2.24) is 4.98 Å². The van der Waals surface area contributed by atoms with Crippen molar-refractivity contribution in [3.05, 3.63) is 92.4 Å². The Labute approximate surface area is 168 Å². The van der Waals surface area contributed by atoms with E-state index in [-0.39, 0.29) is 11.8 Å². The molecule has 0 fully saturated rings. The van der Waals surface area contributed by atoms with Crippen LogP contribution in [0.15, 0.2) is 82.0 Å². The van der Waals surface area contributed by atoms with Gasteiger partial charge >= 0.3 is 5.63 Å². The van der Waals surface area contributed by atoms with Crippen molar-refractivity contribution >= 4 is 45.1 Å². The van der Waals surface area contributed by atoms with Crippen LogP contribution in [-0.4, -0.2) is 10.9 Å². The summed E-state index contributed by atoms with van der Waals surface area (Å²) in [6.07, 6.45) is 0. The van der Waals surface area contributed by atoms with Crippen LogP contribution in [0.5, 0.6) is 0 Å². The molecule has 6 heteroatoms. The number of carbonyl (C=O) groups excluding carboxylic acids is 1. The molecule has 0 radical (unpaired) electrons. The van der Waals surface area contributed by atoms with E-state index < -0.39 is 5.63 Å². The summed E-state index contributed by atoms with van der Waals surface area (Å²) in [6, 6.07) is 21.4. The zero-order valence-corrected chi connectivity index (χ0v) is 16.1. The lowest BCUT2D eigenvalue weighted by Crippen LogP contribution is -2.13. The fourth-order valence-electron chi connectivity index (χ4n) is 2.68. The topological polar surface area (TPSA) is 72.2 Å². The summed E-state index contributed by atoms with van der Waals surface area (Å²) in [4.78, 5) is 28.9. The van der Waals surface area contributed by atoms with Crippen molar-refractivity contribution in [2.24, 2.45) is 0 Å². The van der Waals surface area contributed by atoms with Crippen LogP contribution in [0.4, 0.5) is 5.69 Å². The predicted molar refractivity (Wildman–Crippen MR) is 113 cm³/mol. The first-order valence-corrected chi connectivity index (χ1v) is 9.26. The minimum absolute atomic E-state index is 0.178. The molecule has 0 atom stereocenters. The Hall–Kier alpha value is -3.00. The maximum atomic E-state index is 12.4. The molecule has 5 nitrogen and oxygen atoms in total. The lowest BCUT2D eigenvalue weighted by Gasteiger charge is -2.07. The number of anilines is 1. The third kappa shape index (κ3) is 3.61. The highest BCUT2D eigenvalue weighted by molar-refractivity contribution is 14.1. The van der Waals surface area contributed by atoms with Gasteiger partial charge in [-0.2, -0.15) is 0 Å². The van der Waals surface area contributed by atoms with Gasteiger partial charge in [-0.15, -0.1) is 0 Å². The molecular formula is C21H13IN2O3. The molecule has 4 aromatic rings. The molecule has 0 aliphatic rings. The fraction of sp³-hybridized carbons (Fsp3) is 0. The highest BCUT2D eigenvalue weighted by atomic mass is 127. The van der Waals surface area contributed by atoms with E-state index in [1.54, 1.807) is 48.5 Å². The molecule has 4 rings (SSSR count). The number of amides is 1. The second-order valence-corrected chi connectivity index (χ2v) is 7.00. The first-order valence-electron chi connectivity index (χ1n) is 8.18. The van der Waals surface area contributed by atoms with Gasteiger partial charge in [-0.1, -0.05) is 24.3 Å². The number of para-hydroxylation sites is 1. The average molecular weight is 468 g/mol. The van der Waals surface area contributed by atoms with Gasteiger partial charge in [0.15, 0.2) is 0 Å². The number of nitrogens with one attached hydrogen (secondary N) is 1. The maximum absolute atomic E-state index is 12.4. The van der Waals surface area contributed by atoms with Gasteiger partial charge in [0, 0.05) is 14.8 Å². The van der Waals surface area contributed by atoms with Gasteiger partial charge in [-0.05, 0) is 71.1 Å². The van der Waals surface area contributed by atoms with Gasteiger partial charge in [0.1, 0.15) is 0 Å². The summed E-state index contributed by atoms with van der Waals surface area (Å²) in [5, 5.41) is 3.31. The lowest BCUT2D eigenvalue weighted by atomic mass is 10.1. The van der Waals surface area contributed by atoms with E-state index in [4.69, 9.17) is 4.42 Å². The first kappa shape index (κ1) is 17.4. The minimum Gasteiger partial charge on any atom is -0.403 e. The quantitative estimate of drug-likeness (QED) is 0.442. The van der Waals surface area contributed by atoms with Gasteiger partial charge in [-0.3, -0.25) is 4.79 Å². The highest BCUT2D eigenvalue weighted by Crippen LogP contribution is 2.21.